The fourth-order valence-electron chi connectivity index (χ4n) is 1.69. The van der Waals surface area contributed by atoms with Crippen LogP contribution in [0.1, 0.15) is 25.5 Å². The van der Waals surface area contributed by atoms with Gasteiger partial charge in [0, 0.05) is 12.6 Å². The number of hydrogen-bond donors (Lipinski definition) is 1. The van der Waals surface area contributed by atoms with Gasteiger partial charge in [-0.05, 0) is 37.8 Å². The molecule has 0 aliphatic heterocycles. The summed E-state index contributed by atoms with van der Waals surface area (Å²) in [5.41, 5.74) is 0. The second-order valence-electron chi connectivity index (χ2n) is 4.21. The Labute approximate surface area is 90.8 Å². The minimum absolute atomic E-state index is 0.576. The largest absolute Gasteiger partial charge is 0.467 e. The van der Waals surface area contributed by atoms with Gasteiger partial charge in [0.15, 0.2) is 0 Å². The molecular weight excluding hydrogens is 190 g/mol. The zero-order valence-corrected chi connectivity index (χ0v) is 9.24. The van der Waals surface area contributed by atoms with E-state index in [4.69, 9.17) is 9.15 Å². The molecule has 15 heavy (non-hydrogen) atoms. The lowest BCUT2D eigenvalue weighted by Crippen LogP contribution is -2.30. The molecule has 1 heterocycles. The molecule has 1 fully saturated rings. The first-order valence-corrected chi connectivity index (χ1v) is 5.70. The highest BCUT2D eigenvalue weighted by Crippen LogP contribution is 2.32. The molecule has 1 aromatic heterocycles. The summed E-state index contributed by atoms with van der Waals surface area (Å²) in [4.78, 5) is 0. The number of nitrogens with one attached hydrogen (secondary N) is 1. The van der Waals surface area contributed by atoms with Crippen LogP contribution in [0.15, 0.2) is 22.8 Å². The van der Waals surface area contributed by atoms with Crippen molar-refractivity contribution in [2.24, 2.45) is 5.92 Å². The van der Waals surface area contributed by atoms with Crippen LogP contribution in [0, 0.1) is 5.92 Å². The molecule has 1 aliphatic rings. The van der Waals surface area contributed by atoms with Gasteiger partial charge in [-0.15, -0.1) is 0 Å². The quantitative estimate of drug-likeness (QED) is 0.699. The minimum atomic E-state index is 0.576. The Balaban J connectivity index is 1.48. The molecule has 1 aromatic rings. The maximum absolute atomic E-state index is 5.47. The number of rotatable bonds is 7. The first-order chi connectivity index (χ1) is 7.36. The average Bonchev–Trinajstić information content (AvgIpc) is 2.97. The van der Waals surface area contributed by atoms with E-state index in [2.05, 4.69) is 12.2 Å². The van der Waals surface area contributed by atoms with Crippen molar-refractivity contribution >= 4 is 0 Å². The maximum atomic E-state index is 5.47. The van der Waals surface area contributed by atoms with Crippen LogP contribution in [0.5, 0.6) is 0 Å². The second-order valence-corrected chi connectivity index (χ2v) is 4.21. The predicted octanol–water partition coefficient (Wildman–Crippen LogP) is 2.18. The molecule has 1 N–H and O–H groups in total. The van der Waals surface area contributed by atoms with Crippen molar-refractivity contribution in [1.29, 1.82) is 0 Å². The molecule has 0 bridgehead atoms. The van der Waals surface area contributed by atoms with Crippen LogP contribution in [0.3, 0.4) is 0 Å². The Hall–Kier alpha value is -0.800. The van der Waals surface area contributed by atoms with Gasteiger partial charge in [0.2, 0.25) is 0 Å². The van der Waals surface area contributed by atoms with E-state index in [9.17, 15) is 0 Å². The van der Waals surface area contributed by atoms with E-state index in [-0.39, 0.29) is 0 Å². The highest BCUT2D eigenvalue weighted by atomic mass is 16.5. The smallest absolute Gasteiger partial charge is 0.129 e. The summed E-state index contributed by atoms with van der Waals surface area (Å²) in [5, 5.41) is 3.47. The SMILES string of the molecule is CC(NCCOCc1ccco1)C1CC1. The second kappa shape index (κ2) is 5.33. The molecule has 0 radical (unpaired) electrons. The van der Waals surface area contributed by atoms with Crippen molar-refractivity contribution in [3.8, 4) is 0 Å². The van der Waals surface area contributed by atoms with Crippen molar-refractivity contribution in [3.05, 3.63) is 24.2 Å². The zero-order chi connectivity index (χ0) is 10.5. The highest BCUT2D eigenvalue weighted by Gasteiger charge is 2.27. The van der Waals surface area contributed by atoms with Crippen molar-refractivity contribution in [3.63, 3.8) is 0 Å². The number of ether oxygens (including phenoxy) is 1. The summed E-state index contributed by atoms with van der Waals surface area (Å²) in [6, 6.07) is 4.46. The van der Waals surface area contributed by atoms with E-state index >= 15 is 0 Å². The summed E-state index contributed by atoms with van der Waals surface area (Å²) in [5.74, 6) is 1.81. The molecule has 1 saturated carbocycles. The lowest BCUT2D eigenvalue weighted by Gasteiger charge is -2.12. The summed E-state index contributed by atoms with van der Waals surface area (Å²) in [6.45, 7) is 4.51. The lowest BCUT2D eigenvalue weighted by atomic mass is 10.2. The van der Waals surface area contributed by atoms with E-state index in [1.165, 1.54) is 12.8 Å². The molecule has 3 heteroatoms. The summed E-state index contributed by atoms with van der Waals surface area (Å²) in [7, 11) is 0. The average molecular weight is 209 g/mol. The van der Waals surface area contributed by atoms with Gasteiger partial charge in [-0.1, -0.05) is 0 Å². The van der Waals surface area contributed by atoms with Gasteiger partial charge in [-0.3, -0.25) is 0 Å². The van der Waals surface area contributed by atoms with E-state index in [1.54, 1.807) is 6.26 Å². The van der Waals surface area contributed by atoms with Crippen molar-refractivity contribution < 1.29 is 9.15 Å². The fraction of sp³-hybridized carbons (Fsp3) is 0.667. The van der Waals surface area contributed by atoms with Crippen LogP contribution in [-0.4, -0.2) is 19.2 Å². The Kier molecular flexibility index (Phi) is 3.80. The predicted molar refractivity (Wildman–Crippen MR) is 58.6 cm³/mol. The third kappa shape index (κ3) is 3.68. The zero-order valence-electron chi connectivity index (χ0n) is 9.24. The number of furan rings is 1. The summed E-state index contributed by atoms with van der Waals surface area (Å²) in [6.07, 6.45) is 4.45. The van der Waals surface area contributed by atoms with Gasteiger partial charge in [-0.25, -0.2) is 0 Å². The molecule has 3 nitrogen and oxygen atoms in total. The molecule has 0 saturated heterocycles. The first-order valence-electron chi connectivity index (χ1n) is 5.70. The van der Waals surface area contributed by atoms with Gasteiger partial charge in [0.05, 0.1) is 12.9 Å². The van der Waals surface area contributed by atoms with E-state index in [0.717, 1.165) is 24.8 Å². The van der Waals surface area contributed by atoms with E-state index in [1.807, 2.05) is 12.1 Å². The Morgan fingerprint density at radius 1 is 1.60 bits per heavy atom. The monoisotopic (exact) mass is 209 g/mol. The topological polar surface area (TPSA) is 34.4 Å². The van der Waals surface area contributed by atoms with Crippen molar-refractivity contribution in [1.82, 2.24) is 5.32 Å². The highest BCUT2D eigenvalue weighted by molar-refractivity contribution is 4.96. The third-order valence-electron chi connectivity index (χ3n) is 2.87. The first kappa shape index (κ1) is 10.7. The van der Waals surface area contributed by atoms with Crippen LogP contribution >= 0.6 is 0 Å². The fourth-order valence-corrected chi connectivity index (χ4v) is 1.69. The van der Waals surface area contributed by atoms with Gasteiger partial charge >= 0.3 is 0 Å². The molecule has 0 spiro atoms. The molecule has 0 aromatic carbocycles. The lowest BCUT2D eigenvalue weighted by molar-refractivity contribution is 0.106. The normalized spacial score (nSPS) is 17.9. The van der Waals surface area contributed by atoms with Gasteiger partial charge in [0.25, 0.3) is 0 Å². The maximum Gasteiger partial charge on any atom is 0.129 e. The molecular formula is C12H19NO2. The van der Waals surface area contributed by atoms with Gasteiger partial charge < -0.3 is 14.5 Å². The van der Waals surface area contributed by atoms with E-state index in [0.29, 0.717) is 12.6 Å². The Morgan fingerprint density at radius 2 is 2.47 bits per heavy atom. The van der Waals surface area contributed by atoms with Crippen LogP contribution < -0.4 is 5.32 Å². The molecule has 2 rings (SSSR count). The standard InChI is InChI=1S/C12H19NO2/c1-10(11-4-5-11)13-6-8-14-9-12-3-2-7-15-12/h2-3,7,10-11,13H,4-6,8-9H2,1H3. The van der Waals surface area contributed by atoms with Crippen molar-refractivity contribution in [2.75, 3.05) is 13.2 Å². The van der Waals surface area contributed by atoms with E-state index < -0.39 is 0 Å². The Bertz CT molecular complexity index is 267. The van der Waals surface area contributed by atoms with Crippen LogP contribution in [0.2, 0.25) is 0 Å². The van der Waals surface area contributed by atoms with Crippen LogP contribution in [0.25, 0.3) is 0 Å². The minimum Gasteiger partial charge on any atom is -0.467 e. The van der Waals surface area contributed by atoms with Crippen LogP contribution in [-0.2, 0) is 11.3 Å². The van der Waals surface area contributed by atoms with Gasteiger partial charge in [0.1, 0.15) is 12.4 Å². The van der Waals surface area contributed by atoms with Crippen molar-refractivity contribution in [2.45, 2.75) is 32.4 Å². The third-order valence-corrected chi connectivity index (χ3v) is 2.87. The molecule has 1 aliphatic carbocycles. The Morgan fingerprint density at radius 3 is 3.13 bits per heavy atom. The van der Waals surface area contributed by atoms with Gasteiger partial charge in [-0.2, -0.15) is 0 Å². The number of hydrogen-bond acceptors (Lipinski definition) is 3. The summed E-state index contributed by atoms with van der Waals surface area (Å²) < 4.78 is 10.6. The molecule has 1 unspecified atom stereocenters. The molecule has 1 atom stereocenters. The molecule has 0 amide bonds. The molecule has 84 valence electrons. The summed E-state index contributed by atoms with van der Waals surface area (Å²) >= 11 is 0. The van der Waals surface area contributed by atoms with Crippen LogP contribution in [0.4, 0.5) is 0 Å².